The second-order valence-corrected chi connectivity index (χ2v) is 7.76. The fourth-order valence-corrected chi connectivity index (χ4v) is 2.79. The molecule has 1 aromatic heterocycles. The number of nitrogens with one attached hydrogen (secondary N) is 1. The maximum atomic E-state index is 11.5. The van der Waals surface area contributed by atoms with E-state index in [0.29, 0.717) is 32.0 Å². The molecule has 7 nitrogen and oxygen atoms in total. The molecule has 3 heterocycles. The minimum absolute atomic E-state index is 0. The zero-order valence-electron chi connectivity index (χ0n) is 17.4. The third-order valence-electron chi connectivity index (χ3n) is 4.20. The Labute approximate surface area is 185 Å². The number of aromatic nitrogens is 1. The molecule has 2 aliphatic rings. The molecule has 0 bridgehead atoms. The van der Waals surface area contributed by atoms with Crippen molar-refractivity contribution in [1.82, 2.24) is 15.2 Å². The summed E-state index contributed by atoms with van der Waals surface area (Å²) in [6, 6.07) is 3.85. The van der Waals surface area contributed by atoms with Crippen LogP contribution in [0.15, 0.2) is 24.5 Å². The highest BCUT2D eigenvalue weighted by Gasteiger charge is 2.25. The number of carbonyl (C=O) groups excluding carboxylic acids is 2. The molecule has 0 aliphatic carbocycles. The van der Waals surface area contributed by atoms with Crippen LogP contribution in [-0.4, -0.2) is 59.6 Å². The van der Waals surface area contributed by atoms with Gasteiger partial charge in [-0.05, 0) is 58.8 Å². The van der Waals surface area contributed by atoms with Crippen LogP contribution in [0.4, 0.5) is 4.79 Å². The number of piperidine rings is 2. The van der Waals surface area contributed by atoms with Crippen LogP contribution in [0.25, 0.3) is 0 Å². The molecule has 3 rings (SSSR count). The molecular weight excluding hydrogens is 417 g/mol. The van der Waals surface area contributed by atoms with Gasteiger partial charge < -0.3 is 19.7 Å². The molecule has 0 aromatic carbocycles. The number of nitrogens with zero attached hydrogens (tertiary/aromatic N) is 2. The van der Waals surface area contributed by atoms with E-state index in [1.165, 1.54) is 0 Å². The van der Waals surface area contributed by atoms with Gasteiger partial charge in [-0.1, -0.05) is 0 Å². The predicted molar refractivity (Wildman–Crippen MR) is 117 cm³/mol. The number of ether oxygens (including phenoxy) is 2. The van der Waals surface area contributed by atoms with Gasteiger partial charge in [-0.3, -0.25) is 9.78 Å². The topological polar surface area (TPSA) is 80.8 Å². The Morgan fingerprint density at radius 2 is 1.79 bits per heavy atom. The van der Waals surface area contributed by atoms with Crippen LogP contribution in [0.3, 0.4) is 0 Å². The van der Waals surface area contributed by atoms with Gasteiger partial charge in [-0.2, -0.15) is 0 Å². The fourth-order valence-electron chi connectivity index (χ4n) is 2.79. The summed E-state index contributed by atoms with van der Waals surface area (Å²) in [6.07, 6.45) is 6.68. The van der Waals surface area contributed by atoms with E-state index in [1.807, 2.05) is 32.9 Å². The second-order valence-electron chi connectivity index (χ2n) is 7.76. The van der Waals surface area contributed by atoms with E-state index in [1.54, 1.807) is 17.3 Å². The lowest BCUT2D eigenvalue weighted by Gasteiger charge is -2.29. The first kappa shape index (κ1) is 27.4. The van der Waals surface area contributed by atoms with E-state index in [2.05, 4.69) is 10.3 Å². The van der Waals surface area contributed by atoms with Gasteiger partial charge in [0.15, 0.2) is 0 Å². The third kappa shape index (κ3) is 11.3. The molecule has 1 N–H and O–H groups in total. The molecule has 0 radical (unpaired) electrons. The molecule has 1 aromatic rings. The first-order valence-corrected chi connectivity index (χ1v) is 9.60. The maximum Gasteiger partial charge on any atom is 0.410 e. The average molecular weight is 450 g/mol. The van der Waals surface area contributed by atoms with Gasteiger partial charge in [-0.15, -0.1) is 24.8 Å². The lowest BCUT2D eigenvalue weighted by molar-refractivity contribution is -0.121. The molecule has 0 spiro atoms. The summed E-state index contributed by atoms with van der Waals surface area (Å²) in [5.41, 5.74) is -0.460. The zero-order valence-corrected chi connectivity index (χ0v) is 19.0. The number of hydrogen-bond donors (Lipinski definition) is 1. The summed E-state index contributed by atoms with van der Waals surface area (Å²) >= 11 is 0. The number of amides is 1. The van der Waals surface area contributed by atoms with E-state index in [0.717, 1.165) is 31.7 Å². The first-order chi connectivity index (χ1) is 12.8. The second kappa shape index (κ2) is 13.6. The van der Waals surface area contributed by atoms with Crippen molar-refractivity contribution in [3.05, 3.63) is 24.5 Å². The highest BCUT2D eigenvalue weighted by Crippen LogP contribution is 2.14. The molecule has 2 aliphatic heterocycles. The van der Waals surface area contributed by atoms with Crippen LogP contribution in [0.2, 0.25) is 0 Å². The number of likely N-dealkylation sites (tertiary alicyclic amines) is 1. The monoisotopic (exact) mass is 449 g/mol. The van der Waals surface area contributed by atoms with E-state index in [4.69, 9.17) is 9.47 Å². The number of hydrogen-bond acceptors (Lipinski definition) is 6. The molecule has 0 saturated carbocycles. The normalized spacial score (nSPS) is 17.1. The number of halogens is 2. The van der Waals surface area contributed by atoms with E-state index >= 15 is 0 Å². The summed E-state index contributed by atoms with van der Waals surface area (Å²) in [7, 11) is 0. The van der Waals surface area contributed by atoms with E-state index < -0.39 is 5.60 Å². The highest BCUT2D eigenvalue weighted by molar-refractivity contribution is 5.85. The Morgan fingerprint density at radius 1 is 1.17 bits per heavy atom. The quantitative estimate of drug-likeness (QED) is 0.741. The lowest BCUT2D eigenvalue weighted by Crippen LogP contribution is -2.41. The fraction of sp³-hybridized carbons (Fsp3) is 0.650. The van der Waals surface area contributed by atoms with Gasteiger partial charge in [0.2, 0.25) is 0 Å². The predicted octanol–water partition coefficient (Wildman–Crippen LogP) is 3.64. The zero-order chi connectivity index (χ0) is 19.7. The third-order valence-corrected chi connectivity index (χ3v) is 4.20. The SMILES string of the molecule is CC(C)(C)OC(=O)N1CCC(=O)CC1.Cl.Cl.c1cncc(OC2CCNCC2)c1. The highest BCUT2D eigenvalue weighted by atomic mass is 35.5. The Morgan fingerprint density at radius 3 is 2.31 bits per heavy atom. The van der Waals surface area contributed by atoms with Gasteiger partial charge in [0.1, 0.15) is 23.2 Å². The Balaban J connectivity index is 0.000000506. The smallest absolute Gasteiger partial charge is 0.410 e. The van der Waals surface area contributed by atoms with Crippen LogP contribution in [-0.2, 0) is 9.53 Å². The Hall–Kier alpha value is -1.57. The molecule has 2 fully saturated rings. The lowest BCUT2D eigenvalue weighted by atomic mass is 10.1. The summed E-state index contributed by atoms with van der Waals surface area (Å²) < 4.78 is 10.9. The minimum atomic E-state index is -0.460. The number of Topliss-reactive ketones (excluding diaryl/α,β-unsaturated/α-hetero) is 1. The van der Waals surface area contributed by atoms with Crippen molar-refractivity contribution < 1.29 is 19.1 Å². The van der Waals surface area contributed by atoms with Crippen LogP contribution in [0, 0.1) is 0 Å². The molecule has 1 amide bonds. The minimum Gasteiger partial charge on any atom is -0.489 e. The van der Waals surface area contributed by atoms with Gasteiger partial charge in [0.25, 0.3) is 0 Å². The molecule has 166 valence electrons. The summed E-state index contributed by atoms with van der Waals surface area (Å²) in [5.74, 6) is 1.11. The number of ketones is 1. The van der Waals surface area contributed by atoms with Crippen LogP contribution in [0.5, 0.6) is 5.75 Å². The van der Waals surface area contributed by atoms with Crippen LogP contribution < -0.4 is 10.1 Å². The molecule has 9 heteroatoms. The summed E-state index contributed by atoms with van der Waals surface area (Å²) in [4.78, 5) is 28.0. The maximum absolute atomic E-state index is 11.5. The van der Waals surface area contributed by atoms with Crippen molar-refractivity contribution in [3.63, 3.8) is 0 Å². The summed E-state index contributed by atoms with van der Waals surface area (Å²) in [6.45, 7) is 8.61. The molecule has 0 unspecified atom stereocenters. The molecule has 29 heavy (non-hydrogen) atoms. The van der Waals surface area contributed by atoms with Crippen LogP contribution >= 0.6 is 24.8 Å². The van der Waals surface area contributed by atoms with Gasteiger partial charge >= 0.3 is 6.09 Å². The van der Waals surface area contributed by atoms with Crippen molar-refractivity contribution in [1.29, 1.82) is 0 Å². The largest absolute Gasteiger partial charge is 0.489 e. The number of pyridine rings is 1. The van der Waals surface area contributed by atoms with Crippen molar-refractivity contribution in [3.8, 4) is 5.75 Å². The Bertz CT molecular complexity index is 595. The van der Waals surface area contributed by atoms with Crippen molar-refractivity contribution in [2.45, 2.75) is 58.2 Å². The van der Waals surface area contributed by atoms with Crippen molar-refractivity contribution in [2.75, 3.05) is 26.2 Å². The van der Waals surface area contributed by atoms with Gasteiger partial charge in [-0.25, -0.2) is 4.79 Å². The first-order valence-electron chi connectivity index (χ1n) is 9.60. The number of rotatable bonds is 2. The van der Waals surface area contributed by atoms with Crippen molar-refractivity contribution >= 4 is 36.7 Å². The standard InChI is InChI=1S/C10H14N2O.C10H17NO3.2ClH/c1-2-10(8-12-5-1)13-9-3-6-11-7-4-9;1-10(2,3)14-9(13)11-6-4-8(12)5-7-11;;/h1-2,5,8-9,11H,3-4,6-7H2;4-7H2,1-3H3;2*1H. The molecular formula is C20H33Cl2N3O4. The van der Waals surface area contributed by atoms with E-state index in [-0.39, 0.29) is 36.7 Å². The van der Waals surface area contributed by atoms with Gasteiger partial charge in [0.05, 0.1) is 6.20 Å². The Kier molecular flexibility index (Phi) is 12.9. The average Bonchev–Trinajstić information content (AvgIpc) is 2.63. The molecule has 0 atom stereocenters. The summed E-state index contributed by atoms with van der Waals surface area (Å²) in [5, 5.41) is 3.30. The van der Waals surface area contributed by atoms with Gasteiger partial charge in [0, 0.05) is 32.1 Å². The molecule has 2 saturated heterocycles. The van der Waals surface area contributed by atoms with E-state index in [9.17, 15) is 9.59 Å². The van der Waals surface area contributed by atoms with Crippen molar-refractivity contribution in [2.24, 2.45) is 0 Å². The van der Waals surface area contributed by atoms with Crippen LogP contribution in [0.1, 0.15) is 46.5 Å². The number of carbonyl (C=O) groups is 2.